The molecule has 4 atom stereocenters. The van der Waals surface area contributed by atoms with Crippen molar-refractivity contribution in [1.29, 1.82) is 0 Å². The third kappa shape index (κ3) is 6.34. The van der Waals surface area contributed by atoms with E-state index in [-0.39, 0.29) is 34.2 Å². The fraction of sp³-hybridized carbons (Fsp3) is 0.800. The van der Waals surface area contributed by atoms with Crippen LogP contribution >= 0.6 is 0 Å². The maximum atomic E-state index is 12.0. The first-order valence-electron chi connectivity index (χ1n) is 11.3. The van der Waals surface area contributed by atoms with Crippen molar-refractivity contribution in [1.82, 2.24) is 0 Å². The molecule has 0 aromatic carbocycles. The van der Waals surface area contributed by atoms with Gasteiger partial charge in [0.1, 0.15) is 0 Å². The number of carbonyl (C=O) groups excluding carboxylic acids is 1. The molecule has 4 unspecified atom stereocenters. The summed E-state index contributed by atoms with van der Waals surface area (Å²) in [6.45, 7) is 21.2. The fourth-order valence-corrected chi connectivity index (χ4v) is 4.28. The Morgan fingerprint density at radius 2 is 1.27 bits per heavy atom. The van der Waals surface area contributed by atoms with Gasteiger partial charge in [0.05, 0.1) is 36.6 Å². The summed E-state index contributed by atoms with van der Waals surface area (Å²) in [4.78, 5) is 12.0. The molecule has 2 aliphatic rings. The van der Waals surface area contributed by atoms with Gasteiger partial charge in [0.25, 0.3) is 0 Å². The first kappa shape index (κ1) is 24.9. The number of ether oxygens (including phenoxy) is 4. The lowest BCUT2D eigenvalue weighted by Gasteiger charge is -2.33. The summed E-state index contributed by atoms with van der Waals surface area (Å²) in [6, 6.07) is 0. The van der Waals surface area contributed by atoms with Crippen LogP contribution < -0.4 is 0 Å². The van der Waals surface area contributed by atoms with Crippen LogP contribution in [0, 0.1) is 10.8 Å². The minimum absolute atomic E-state index is 0.0827. The molecule has 0 N–H and O–H groups in total. The molecule has 0 spiro atoms. The van der Waals surface area contributed by atoms with E-state index < -0.39 is 6.16 Å². The second-order valence-electron chi connectivity index (χ2n) is 10.7. The van der Waals surface area contributed by atoms with Gasteiger partial charge in [-0.15, -0.1) is 13.2 Å². The highest BCUT2D eigenvalue weighted by Gasteiger charge is 2.42. The Morgan fingerprint density at radius 3 is 1.57 bits per heavy atom. The summed E-state index contributed by atoms with van der Waals surface area (Å²) in [5, 5.41) is 0. The van der Waals surface area contributed by atoms with E-state index in [4.69, 9.17) is 18.9 Å². The SMILES string of the molecule is C=CC1(C)CCC(C(C)(C)CCOC(=O)OCCC(C)(C)C2CCC(C)(C=C)O2)O1. The van der Waals surface area contributed by atoms with Crippen LogP contribution in [0.25, 0.3) is 0 Å². The lowest BCUT2D eigenvalue weighted by molar-refractivity contribution is -0.0644. The van der Waals surface area contributed by atoms with Gasteiger partial charge in [-0.2, -0.15) is 0 Å². The monoisotopic (exact) mass is 422 g/mol. The summed E-state index contributed by atoms with van der Waals surface area (Å²) in [5.74, 6) is 0. The van der Waals surface area contributed by atoms with E-state index in [0.29, 0.717) is 13.2 Å². The molecule has 0 radical (unpaired) electrons. The van der Waals surface area contributed by atoms with Crippen LogP contribution in [0.15, 0.2) is 25.3 Å². The Hall–Kier alpha value is -1.33. The maximum Gasteiger partial charge on any atom is 0.508 e. The molecule has 5 heteroatoms. The summed E-state index contributed by atoms with van der Waals surface area (Å²) in [5.41, 5.74) is -0.664. The van der Waals surface area contributed by atoms with Crippen LogP contribution in [-0.2, 0) is 18.9 Å². The van der Waals surface area contributed by atoms with Crippen molar-refractivity contribution >= 4 is 6.16 Å². The van der Waals surface area contributed by atoms with E-state index in [1.165, 1.54) is 0 Å². The van der Waals surface area contributed by atoms with Gasteiger partial charge in [0.2, 0.25) is 0 Å². The number of rotatable bonds is 10. The predicted octanol–water partition coefficient (Wildman–Crippen LogP) is 6.22. The maximum absolute atomic E-state index is 12.0. The van der Waals surface area contributed by atoms with Crippen molar-refractivity contribution in [3.8, 4) is 0 Å². The quantitative estimate of drug-likeness (QED) is 0.309. The first-order valence-corrected chi connectivity index (χ1v) is 11.3. The van der Waals surface area contributed by atoms with E-state index in [1.807, 2.05) is 12.2 Å². The molecule has 0 amide bonds. The average molecular weight is 423 g/mol. The van der Waals surface area contributed by atoms with E-state index in [9.17, 15) is 4.79 Å². The largest absolute Gasteiger partial charge is 0.508 e. The van der Waals surface area contributed by atoms with E-state index in [0.717, 1.165) is 38.5 Å². The second kappa shape index (κ2) is 9.44. The molecule has 0 aliphatic carbocycles. The predicted molar refractivity (Wildman–Crippen MR) is 120 cm³/mol. The number of carbonyl (C=O) groups is 1. The lowest BCUT2D eigenvalue weighted by atomic mass is 9.82. The van der Waals surface area contributed by atoms with Gasteiger partial charge in [0.15, 0.2) is 0 Å². The summed E-state index contributed by atoms with van der Waals surface area (Å²) >= 11 is 0. The standard InChI is InChI=1S/C25H42O5/c1-9-24(7)13-11-19(29-24)22(3,4)15-17-27-21(26)28-18-16-23(5,6)20-12-14-25(8,10-2)30-20/h9-10,19-20H,1-2,11-18H2,3-8H3. The van der Waals surface area contributed by atoms with Crippen molar-refractivity contribution in [3.63, 3.8) is 0 Å². The van der Waals surface area contributed by atoms with Crippen LogP contribution in [0.2, 0.25) is 0 Å². The summed E-state index contributed by atoms with van der Waals surface area (Å²) in [6.07, 6.45) is 8.80. The van der Waals surface area contributed by atoms with E-state index >= 15 is 0 Å². The lowest BCUT2D eigenvalue weighted by Crippen LogP contribution is -2.34. The molecule has 0 aromatic rings. The summed E-state index contributed by atoms with van der Waals surface area (Å²) in [7, 11) is 0. The molecule has 30 heavy (non-hydrogen) atoms. The van der Waals surface area contributed by atoms with E-state index in [2.05, 4.69) is 54.7 Å². The molecule has 2 heterocycles. The summed E-state index contributed by atoms with van der Waals surface area (Å²) < 4.78 is 23.0. The molecular formula is C25H42O5. The zero-order chi connectivity index (χ0) is 22.6. The Morgan fingerprint density at radius 1 is 0.900 bits per heavy atom. The highest BCUT2D eigenvalue weighted by molar-refractivity contribution is 5.59. The van der Waals surface area contributed by atoms with Gasteiger partial charge in [-0.05, 0) is 63.2 Å². The molecule has 0 bridgehead atoms. The van der Waals surface area contributed by atoms with Crippen LogP contribution in [0.3, 0.4) is 0 Å². The molecule has 172 valence electrons. The van der Waals surface area contributed by atoms with E-state index in [1.54, 1.807) is 0 Å². The van der Waals surface area contributed by atoms with Gasteiger partial charge >= 0.3 is 6.16 Å². The van der Waals surface area contributed by atoms with Crippen molar-refractivity contribution < 1.29 is 23.7 Å². The molecule has 0 saturated carbocycles. The van der Waals surface area contributed by atoms with Crippen molar-refractivity contribution in [2.75, 3.05) is 13.2 Å². The van der Waals surface area contributed by atoms with Gasteiger partial charge in [-0.25, -0.2) is 4.79 Å². The molecule has 5 nitrogen and oxygen atoms in total. The van der Waals surface area contributed by atoms with Crippen molar-refractivity contribution in [2.45, 2.75) is 103 Å². The zero-order valence-corrected chi connectivity index (χ0v) is 19.9. The molecular weight excluding hydrogens is 380 g/mol. The molecule has 2 aliphatic heterocycles. The molecule has 2 fully saturated rings. The minimum Gasteiger partial charge on any atom is -0.434 e. The Balaban J connectivity index is 1.68. The average Bonchev–Trinajstić information content (AvgIpc) is 3.27. The van der Waals surface area contributed by atoms with Gasteiger partial charge < -0.3 is 18.9 Å². The normalized spacial score (nSPS) is 32.1. The Bertz CT molecular complexity index is 573. The van der Waals surface area contributed by atoms with Crippen LogP contribution in [-0.4, -0.2) is 42.8 Å². The van der Waals surface area contributed by atoms with Gasteiger partial charge in [-0.1, -0.05) is 39.8 Å². The third-order valence-corrected chi connectivity index (χ3v) is 7.17. The first-order chi connectivity index (χ1) is 13.8. The fourth-order valence-electron chi connectivity index (χ4n) is 4.28. The van der Waals surface area contributed by atoms with Gasteiger partial charge in [0, 0.05) is 0 Å². The third-order valence-electron chi connectivity index (χ3n) is 7.17. The minimum atomic E-state index is -0.604. The Labute approximate surface area is 183 Å². The Kier molecular flexibility index (Phi) is 7.84. The smallest absolute Gasteiger partial charge is 0.434 e. The number of hydrogen-bond acceptors (Lipinski definition) is 5. The van der Waals surface area contributed by atoms with Crippen molar-refractivity contribution in [3.05, 3.63) is 25.3 Å². The highest BCUT2D eigenvalue weighted by Crippen LogP contribution is 2.42. The number of hydrogen-bond donors (Lipinski definition) is 0. The van der Waals surface area contributed by atoms with Gasteiger partial charge in [-0.3, -0.25) is 0 Å². The second-order valence-corrected chi connectivity index (χ2v) is 10.7. The van der Waals surface area contributed by atoms with Crippen LogP contribution in [0.4, 0.5) is 4.79 Å². The molecule has 0 aromatic heterocycles. The van der Waals surface area contributed by atoms with Crippen LogP contribution in [0.1, 0.15) is 80.1 Å². The molecule has 2 rings (SSSR count). The highest BCUT2D eigenvalue weighted by atomic mass is 16.7. The van der Waals surface area contributed by atoms with Crippen molar-refractivity contribution in [2.24, 2.45) is 10.8 Å². The van der Waals surface area contributed by atoms with Crippen LogP contribution in [0.5, 0.6) is 0 Å². The zero-order valence-electron chi connectivity index (χ0n) is 19.9. The topological polar surface area (TPSA) is 54.0 Å². The molecule has 2 saturated heterocycles.